The zero-order chi connectivity index (χ0) is 13.0. The minimum atomic E-state index is 0.686. The Kier molecular flexibility index (Phi) is 4.59. The number of rotatable bonds is 4. The second-order valence-electron chi connectivity index (χ2n) is 5.53. The zero-order valence-electron chi connectivity index (χ0n) is 11.8. The van der Waals surface area contributed by atoms with E-state index in [1.54, 1.807) is 0 Å². The molecule has 100 valence electrons. The summed E-state index contributed by atoms with van der Waals surface area (Å²) in [5, 5.41) is 3.35. The molecule has 0 spiro atoms. The van der Waals surface area contributed by atoms with E-state index >= 15 is 0 Å². The molecule has 0 amide bonds. The number of nitrogens with zero attached hydrogens (tertiary/aromatic N) is 2. The molecule has 1 aromatic rings. The summed E-state index contributed by atoms with van der Waals surface area (Å²) in [7, 11) is 0. The van der Waals surface area contributed by atoms with Gasteiger partial charge >= 0.3 is 0 Å². The third kappa shape index (κ3) is 3.45. The maximum Gasteiger partial charge on any atom is 0.0564 e. The van der Waals surface area contributed by atoms with Crippen molar-refractivity contribution in [2.75, 3.05) is 18.4 Å². The predicted molar refractivity (Wildman–Crippen MR) is 76.7 cm³/mol. The molecule has 2 heterocycles. The number of likely N-dealkylation sites (tertiary alicyclic amines) is 1. The Morgan fingerprint density at radius 1 is 1.39 bits per heavy atom. The monoisotopic (exact) mass is 247 g/mol. The van der Waals surface area contributed by atoms with Gasteiger partial charge in [0.2, 0.25) is 0 Å². The van der Waals surface area contributed by atoms with Crippen molar-refractivity contribution < 1.29 is 0 Å². The molecular weight excluding hydrogens is 222 g/mol. The molecule has 0 aromatic carbocycles. The first-order chi connectivity index (χ1) is 8.69. The van der Waals surface area contributed by atoms with Crippen molar-refractivity contribution in [2.24, 2.45) is 5.92 Å². The summed E-state index contributed by atoms with van der Waals surface area (Å²) in [6.45, 7) is 9.94. The molecule has 1 aliphatic heterocycles. The highest BCUT2D eigenvalue weighted by Crippen LogP contribution is 2.23. The molecule has 0 bridgehead atoms. The number of hydrogen-bond acceptors (Lipinski definition) is 3. The Morgan fingerprint density at radius 2 is 2.22 bits per heavy atom. The van der Waals surface area contributed by atoms with Crippen LogP contribution in [0.4, 0.5) is 5.69 Å². The van der Waals surface area contributed by atoms with Crippen LogP contribution in [0.2, 0.25) is 0 Å². The van der Waals surface area contributed by atoms with Gasteiger partial charge in [0.15, 0.2) is 0 Å². The van der Waals surface area contributed by atoms with Gasteiger partial charge in [0, 0.05) is 37.6 Å². The van der Waals surface area contributed by atoms with Crippen LogP contribution < -0.4 is 5.32 Å². The molecule has 0 radical (unpaired) electrons. The fourth-order valence-corrected chi connectivity index (χ4v) is 2.69. The molecule has 0 saturated carbocycles. The number of pyridine rings is 1. The van der Waals surface area contributed by atoms with Gasteiger partial charge in [-0.1, -0.05) is 6.92 Å². The van der Waals surface area contributed by atoms with E-state index in [1.165, 1.54) is 30.8 Å². The normalized spacial score (nSPS) is 25.1. The number of anilines is 1. The van der Waals surface area contributed by atoms with Gasteiger partial charge in [0.05, 0.1) is 5.69 Å². The minimum absolute atomic E-state index is 0.686. The third-order valence-electron chi connectivity index (χ3n) is 3.81. The van der Waals surface area contributed by atoms with Gasteiger partial charge in [-0.2, -0.15) is 0 Å². The van der Waals surface area contributed by atoms with Crippen LogP contribution in [0.3, 0.4) is 0 Å². The zero-order valence-corrected chi connectivity index (χ0v) is 11.8. The van der Waals surface area contributed by atoms with Crippen molar-refractivity contribution in [1.82, 2.24) is 9.88 Å². The second-order valence-corrected chi connectivity index (χ2v) is 5.53. The van der Waals surface area contributed by atoms with Crippen LogP contribution in [0.25, 0.3) is 0 Å². The van der Waals surface area contributed by atoms with Crippen molar-refractivity contribution in [2.45, 2.75) is 46.2 Å². The third-order valence-corrected chi connectivity index (χ3v) is 3.81. The standard InChI is InChI=1S/C15H25N3/c1-4-16-14-7-8-17-15(9-14)11-18-10-12(2)5-6-13(18)3/h7-9,12-13H,4-6,10-11H2,1-3H3,(H,16,17). The molecule has 0 aliphatic carbocycles. The van der Waals surface area contributed by atoms with E-state index < -0.39 is 0 Å². The van der Waals surface area contributed by atoms with Crippen LogP contribution in [-0.2, 0) is 6.54 Å². The summed E-state index contributed by atoms with van der Waals surface area (Å²) < 4.78 is 0. The first kappa shape index (κ1) is 13.3. The highest BCUT2D eigenvalue weighted by Gasteiger charge is 2.22. The molecule has 1 saturated heterocycles. The number of nitrogens with one attached hydrogen (secondary N) is 1. The number of aromatic nitrogens is 1. The van der Waals surface area contributed by atoms with Gasteiger partial charge in [-0.25, -0.2) is 0 Å². The van der Waals surface area contributed by atoms with Gasteiger partial charge in [0.25, 0.3) is 0 Å². The van der Waals surface area contributed by atoms with Crippen LogP contribution >= 0.6 is 0 Å². The smallest absolute Gasteiger partial charge is 0.0564 e. The topological polar surface area (TPSA) is 28.2 Å². The van der Waals surface area contributed by atoms with Gasteiger partial charge < -0.3 is 5.32 Å². The summed E-state index contributed by atoms with van der Waals surface area (Å²) in [6.07, 6.45) is 4.59. The fraction of sp³-hybridized carbons (Fsp3) is 0.667. The van der Waals surface area contributed by atoms with Gasteiger partial charge in [-0.3, -0.25) is 9.88 Å². The molecule has 2 atom stereocenters. The van der Waals surface area contributed by atoms with E-state index in [1.807, 2.05) is 12.3 Å². The maximum absolute atomic E-state index is 4.49. The quantitative estimate of drug-likeness (QED) is 0.886. The van der Waals surface area contributed by atoms with Crippen molar-refractivity contribution >= 4 is 5.69 Å². The molecule has 1 fully saturated rings. The summed E-state index contributed by atoms with van der Waals surface area (Å²) in [6, 6.07) is 4.90. The van der Waals surface area contributed by atoms with Crippen LogP contribution in [0.15, 0.2) is 18.3 Å². The van der Waals surface area contributed by atoms with Crippen molar-refractivity contribution in [3.8, 4) is 0 Å². The van der Waals surface area contributed by atoms with E-state index in [4.69, 9.17) is 0 Å². The Labute approximate surface area is 111 Å². The Morgan fingerprint density at radius 3 is 3.00 bits per heavy atom. The Hall–Kier alpha value is -1.09. The average Bonchev–Trinajstić information content (AvgIpc) is 2.35. The van der Waals surface area contributed by atoms with Crippen LogP contribution in [0.5, 0.6) is 0 Å². The van der Waals surface area contributed by atoms with E-state index in [-0.39, 0.29) is 0 Å². The first-order valence-electron chi connectivity index (χ1n) is 7.12. The first-order valence-corrected chi connectivity index (χ1v) is 7.12. The van der Waals surface area contributed by atoms with Crippen molar-refractivity contribution in [3.05, 3.63) is 24.0 Å². The fourth-order valence-electron chi connectivity index (χ4n) is 2.69. The molecule has 1 aromatic heterocycles. The molecule has 18 heavy (non-hydrogen) atoms. The second kappa shape index (κ2) is 6.19. The summed E-state index contributed by atoms with van der Waals surface area (Å²) in [4.78, 5) is 7.06. The van der Waals surface area contributed by atoms with Crippen LogP contribution in [-0.4, -0.2) is 29.0 Å². The lowest BCUT2D eigenvalue weighted by Crippen LogP contribution is -2.40. The molecule has 2 rings (SSSR count). The van der Waals surface area contributed by atoms with Gasteiger partial charge in [0.1, 0.15) is 0 Å². The van der Waals surface area contributed by atoms with Gasteiger partial charge in [-0.15, -0.1) is 0 Å². The number of piperidine rings is 1. The van der Waals surface area contributed by atoms with Crippen LogP contribution in [0.1, 0.15) is 39.3 Å². The lowest BCUT2D eigenvalue weighted by Gasteiger charge is -2.36. The molecule has 3 nitrogen and oxygen atoms in total. The average molecular weight is 247 g/mol. The molecule has 3 heteroatoms. The van der Waals surface area contributed by atoms with Crippen LogP contribution in [0, 0.1) is 5.92 Å². The van der Waals surface area contributed by atoms with Crippen molar-refractivity contribution in [3.63, 3.8) is 0 Å². The van der Waals surface area contributed by atoms with Gasteiger partial charge in [-0.05, 0) is 44.7 Å². The number of hydrogen-bond donors (Lipinski definition) is 1. The Bertz CT molecular complexity index is 378. The highest BCUT2D eigenvalue weighted by molar-refractivity contribution is 5.42. The molecule has 2 unspecified atom stereocenters. The molecule has 1 N–H and O–H groups in total. The Balaban J connectivity index is 2.01. The molecular formula is C15H25N3. The summed E-state index contributed by atoms with van der Waals surface area (Å²) in [5.74, 6) is 0.818. The predicted octanol–water partition coefficient (Wildman–Crippen LogP) is 3.13. The molecule has 1 aliphatic rings. The van der Waals surface area contributed by atoms with E-state index in [2.05, 4.69) is 42.0 Å². The highest BCUT2D eigenvalue weighted by atomic mass is 15.2. The lowest BCUT2D eigenvalue weighted by molar-refractivity contribution is 0.116. The van der Waals surface area contributed by atoms with E-state index in [0.717, 1.165) is 19.0 Å². The summed E-state index contributed by atoms with van der Waals surface area (Å²) in [5.41, 5.74) is 2.36. The lowest BCUT2D eigenvalue weighted by atomic mass is 9.95. The van der Waals surface area contributed by atoms with E-state index in [9.17, 15) is 0 Å². The summed E-state index contributed by atoms with van der Waals surface area (Å²) >= 11 is 0. The SMILES string of the molecule is CCNc1ccnc(CN2CC(C)CCC2C)c1. The van der Waals surface area contributed by atoms with Crippen molar-refractivity contribution in [1.29, 1.82) is 0 Å². The largest absolute Gasteiger partial charge is 0.385 e. The van der Waals surface area contributed by atoms with E-state index in [0.29, 0.717) is 6.04 Å². The minimum Gasteiger partial charge on any atom is -0.385 e. The maximum atomic E-state index is 4.49.